The van der Waals surface area contributed by atoms with Crippen LogP contribution in [0.15, 0.2) is 18.2 Å². The summed E-state index contributed by atoms with van der Waals surface area (Å²) in [5, 5.41) is 34.2. The Bertz CT molecular complexity index is 2500. The predicted molar refractivity (Wildman–Crippen MR) is 269 cm³/mol. The number of carbonyl (C=O) groups is 6. The smallest absolute Gasteiger partial charge is 0.446 e. The highest BCUT2D eigenvalue weighted by molar-refractivity contribution is 7.87. The Kier molecular flexibility index (Phi) is 24.2. The monoisotopic (exact) mass is 1150 g/mol. The summed E-state index contributed by atoms with van der Waals surface area (Å²) in [7, 11) is -7.65. The van der Waals surface area contributed by atoms with Crippen LogP contribution in [0.3, 0.4) is 0 Å². The van der Waals surface area contributed by atoms with Gasteiger partial charge in [0.1, 0.15) is 29.8 Å². The molecule has 6 saturated heterocycles. The van der Waals surface area contributed by atoms with Gasteiger partial charge in [0.25, 0.3) is 20.4 Å². The van der Waals surface area contributed by atoms with Gasteiger partial charge in [0, 0.05) is 95.1 Å². The molecule has 4 atom stereocenters. The van der Waals surface area contributed by atoms with E-state index in [1.165, 1.54) is 27.6 Å². The van der Waals surface area contributed by atoms with Gasteiger partial charge in [-0.1, -0.05) is 45.5 Å². The molecule has 0 unspecified atom stereocenters. The van der Waals surface area contributed by atoms with Crippen molar-refractivity contribution in [3.63, 3.8) is 0 Å². The van der Waals surface area contributed by atoms with Gasteiger partial charge >= 0.3 is 18.2 Å². The van der Waals surface area contributed by atoms with Gasteiger partial charge in [0.15, 0.2) is 0 Å². The van der Waals surface area contributed by atoms with Crippen LogP contribution < -0.4 is 10.6 Å². The van der Waals surface area contributed by atoms with Crippen molar-refractivity contribution in [2.24, 2.45) is 11.8 Å². The molecule has 6 fully saturated rings. The second-order valence-corrected chi connectivity index (χ2v) is 23.3. The average Bonchev–Trinajstić information content (AvgIpc) is 3.98. The fourth-order valence-corrected chi connectivity index (χ4v) is 12.6. The number of piperazine rings is 2. The van der Waals surface area contributed by atoms with E-state index in [4.69, 9.17) is 43.3 Å². The second kappa shape index (κ2) is 27.4. The third-order valence-corrected chi connectivity index (χ3v) is 16.5. The van der Waals surface area contributed by atoms with Crippen LogP contribution in [0.25, 0.3) is 0 Å². The van der Waals surface area contributed by atoms with Crippen molar-refractivity contribution >= 4 is 79.7 Å². The summed E-state index contributed by atoms with van der Waals surface area (Å²) in [5.74, 6) is -2.97. The third-order valence-electron chi connectivity index (χ3n) is 12.2. The van der Waals surface area contributed by atoms with Crippen LogP contribution in [0.2, 0.25) is 10.0 Å². The van der Waals surface area contributed by atoms with Gasteiger partial charge < -0.3 is 30.3 Å². The first kappa shape index (κ1) is 66.2. The van der Waals surface area contributed by atoms with Crippen molar-refractivity contribution in [1.82, 2.24) is 42.6 Å². The summed E-state index contributed by atoms with van der Waals surface area (Å²) < 4.78 is 93.2. The number of carboxylic acid groups (broad SMARTS) is 1. The number of aldehydes is 1. The highest BCUT2D eigenvalue weighted by Crippen LogP contribution is 2.29. The Morgan fingerprint density at radius 3 is 1.68 bits per heavy atom. The highest BCUT2D eigenvalue weighted by Gasteiger charge is 2.49. The average molecular weight is 1150 g/mol. The van der Waals surface area contributed by atoms with Crippen molar-refractivity contribution in [1.29, 1.82) is 10.5 Å². The van der Waals surface area contributed by atoms with Gasteiger partial charge in [-0.05, 0) is 70.2 Å². The van der Waals surface area contributed by atoms with Crippen LogP contribution in [-0.4, -0.2) is 204 Å². The van der Waals surface area contributed by atoms with Crippen molar-refractivity contribution < 1.29 is 68.6 Å². The lowest BCUT2D eigenvalue weighted by Gasteiger charge is -2.44. The zero-order valence-electron chi connectivity index (χ0n) is 39.5. The lowest BCUT2D eigenvalue weighted by atomic mass is 10.1. The molecule has 3 N–H and O–H groups in total. The van der Waals surface area contributed by atoms with Crippen LogP contribution in [0.1, 0.15) is 74.3 Å². The Hall–Kier alpha value is -4.91. The fourth-order valence-electron chi connectivity index (χ4n) is 8.56. The number of amides is 4. The molecule has 0 bridgehead atoms. The molecule has 30 heteroatoms. The summed E-state index contributed by atoms with van der Waals surface area (Å²) in [6.45, 7) is 6.55. The molecule has 6 aliphatic heterocycles. The molecule has 0 saturated carbocycles. The number of hydrogen-bond acceptors (Lipinski definition) is 14. The number of nitriles is 2. The molecule has 7 rings (SSSR count). The minimum Gasteiger partial charge on any atom is -0.480 e. The van der Waals surface area contributed by atoms with Crippen LogP contribution in [-0.2, 0) is 55.7 Å². The number of likely N-dealkylation sites (tertiary alicyclic amines) is 2. The molecular weight excluding hydrogens is 1080 g/mol. The normalized spacial score (nSPS) is 23.0. The molecule has 0 aromatic heterocycles. The van der Waals surface area contributed by atoms with E-state index in [2.05, 4.69) is 16.7 Å². The summed E-state index contributed by atoms with van der Waals surface area (Å²) in [6.07, 6.45) is -4.43. The molecule has 1 aromatic rings. The molecule has 0 radical (unpaired) electrons. The SMILES string of the molecule is C.C.C.CC(C)(C)OC(=O)N1CCN(S(=O)(=O)N2CC(C#N)C2)C[C@H]1C(=O)N1CCC[C@@H]1C(=O)O.N#CC1CN(S(=O)(=O)N2CCN[C@H](C(=O)N3CCC[C@@H]3C(=O)NCc3cc(Cl)cc(Cl)c3)C2)C1.O=CC(F)(F)F. The molecule has 0 aliphatic carbocycles. The number of carboxylic acids is 1. The Morgan fingerprint density at radius 1 is 0.733 bits per heavy atom. The fraction of sp³-hybridized carbons (Fsp3) is 0.689. The topological polar surface area (TPSA) is 294 Å². The van der Waals surface area contributed by atoms with E-state index in [9.17, 15) is 59.1 Å². The molecule has 422 valence electrons. The summed E-state index contributed by atoms with van der Waals surface area (Å²) in [6, 6.07) is 5.53. The lowest BCUT2D eigenvalue weighted by Crippen LogP contribution is -2.65. The van der Waals surface area contributed by atoms with E-state index >= 15 is 0 Å². The van der Waals surface area contributed by atoms with Crippen LogP contribution >= 0.6 is 23.2 Å². The number of ether oxygens (including phenoxy) is 1. The lowest BCUT2D eigenvalue weighted by molar-refractivity contribution is -0.156. The zero-order chi connectivity index (χ0) is 53.5. The molecule has 75 heavy (non-hydrogen) atoms. The van der Waals surface area contributed by atoms with E-state index in [0.29, 0.717) is 48.8 Å². The Morgan fingerprint density at radius 2 is 1.21 bits per heavy atom. The minimum atomic E-state index is -4.64. The van der Waals surface area contributed by atoms with Crippen molar-refractivity contribution in [3.8, 4) is 12.1 Å². The maximum atomic E-state index is 13.4. The van der Waals surface area contributed by atoms with Crippen molar-refractivity contribution in [2.45, 2.75) is 111 Å². The third kappa shape index (κ3) is 17.0. The number of benzene rings is 1. The standard InChI is InChI=1S/C21H26Cl2N6O4S.C19H29N5O7S.C2HF3O.3CH4/c22-16-6-14(7-17(23)8-16)10-26-20(30)19-2-1-4-29(19)21(31)18-13-27(5-3-25-18)34(32,33)28-11-15(9-24)12-28;1-19(2,3)31-18(28)24-8-7-21(32(29,30)22-10-13(9-20)11-22)12-15(24)16(25)23-6-4-5-14(23)17(26)27;3-2(4,5)1-6;;;/h6-8,15,18-19,25H,1-5,10-13H2,(H,26,30);13-15H,4-8,10-12H2,1-3H3,(H,26,27);1H;3*1H4/t18-,19+;14-,15+;;;;/m01..../s1. The molecule has 1 aromatic carbocycles. The second-order valence-electron chi connectivity index (χ2n) is 18.6. The van der Waals surface area contributed by atoms with Gasteiger partial charge in [0.05, 0.1) is 24.0 Å². The number of hydrogen-bond donors (Lipinski definition) is 3. The number of alkyl halides is 3. The number of carbonyl (C=O) groups excluding carboxylic acids is 5. The van der Waals surface area contributed by atoms with Crippen molar-refractivity contribution in [2.75, 3.05) is 78.5 Å². The predicted octanol–water partition coefficient (Wildman–Crippen LogP) is 2.91. The van der Waals surface area contributed by atoms with Gasteiger partial charge in [-0.15, -0.1) is 0 Å². The number of halogens is 5. The Balaban J connectivity index is 0.000000447. The molecule has 0 spiro atoms. The van der Waals surface area contributed by atoms with Crippen LogP contribution in [0, 0.1) is 34.5 Å². The first-order valence-electron chi connectivity index (χ1n) is 22.7. The van der Waals surface area contributed by atoms with Gasteiger partial charge in [-0.3, -0.25) is 24.1 Å². The summed E-state index contributed by atoms with van der Waals surface area (Å²) in [5.41, 5.74) is -0.0733. The van der Waals surface area contributed by atoms with Gasteiger partial charge in [-0.25, -0.2) is 9.59 Å². The van der Waals surface area contributed by atoms with E-state index < -0.39 is 80.6 Å². The maximum absolute atomic E-state index is 13.4. The maximum Gasteiger partial charge on any atom is 0.446 e. The van der Waals surface area contributed by atoms with E-state index in [-0.39, 0.29) is 118 Å². The highest BCUT2D eigenvalue weighted by atomic mass is 35.5. The number of aliphatic carboxylic acids is 1. The van der Waals surface area contributed by atoms with Crippen molar-refractivity contribution in [3.05, 3.63) is 33.8 Å². The van der Waals surface area contributed by atoms with E-state index in [0.717, 1.165) is 9.87 Å². The van der Waals surface area contributed by atoms with E-state index in [1.54, 1.807) is 39.0 Å². The summed E-state index contributed by atoms with van der Waals surface area (Å²) >= 11 is 12.0. The molecule has 6 heterocycles. The number of nitrogens with one attached hydrogen (secondary N) is 2. The first-order valence-corrected chi connectivity index (χ1v) is 26.3. The molecule has 4 amide bonds. The minimum absolute atomic E-state index is 0. The van der Waals surface area contributed by atoms with Crippen LogP contribution in [0.5, 0.6) is 0 Å². The van der Waals surface area contributed by atoms with E-state index in [1.807, 2.05) is 6.07 Å². The molecular formula is C45H68Cl2F3N11O12S2. The van der Waals surface area contributed by atoms with Gasteiger partial charge in [0.2, 0.25) is 24.0 Å². The first-order chi connectivity index (χ1) is 33.6. The number of rotatable bonds is 10. The molecule has 23 nitrogen and oxygen atoms in total. The zero-order valence-corrected chi connectivity index (χ0v) is 42.6. The largest absolute Gasteiger partial charge is 0.480 e. The number of nitrogens with zero attached hydrogens (tertiary/aromatic N) is 9. The summed E-state index contributed by atoms with van der Waals surface area (Å²) in [4.78, 5) is 76.5. The van der Waals surface area contributed by atoms with Crippen LogP contribution in [0.4, 0.5) is 18.0 Å². The van der Waals surface area contributed by atoms with Gasteiger partial charge in [-0.2, -0.15) is 57.8 Å². The Labute approximate surface area is 447 Å². The molecule has 6 aliphatic rings. The quantitative estimate of drug-likeness (QED) is 0.284.